The number of methoxy groups -OCH3 is 1. The van der Waals surface area contributed by atoms with Gasteiger partial charge in [-0.05, 0) is 63.1 Å². The van der Waals surface area contributed by atoms with Crippen LogP contribution in [-0.4, -0.2) is 41.2 Å². The van der Waals surface area contributed by atoms with Crippen LogP contribution in [0.1, 0.15) is 38.8 Å². The lowest BCUT2D eigenvalue weighted by Gasteiger charge is -2.31. The van der Waals surface area contributed by atoms with Crippen molar-refractivity contribution in [3.8, 4) is 5.75 Å². The molecule has 1 atom stereocenters. The summed E-state index contributed by atoms with van der Waals surface area (Å²) in [5.74, 6) is 1.52. The summed E-state index contributed by atoms with van der Waals surface area (Å²) in [4.78, 5) is 27.6. The maximum absolute atomic E-state index is 13.1. The third kappa shape index (κ3) is 8.57. The van der Waals surface area contributed by atoms with Crippen LogP contribution in [0.4, 0.5) is 0 Å². The highest BCUT2D eigenvalue weighted by molar-refractivity contribution is 9.10. The Hall–Kier alpha value is -1.99. The van der Waals surface area contributed by atoms with Crippen molar-refractivity contribution in [2.45, 2.75) is 51.6 Å². The molecular formula is C24H31BrN2O3S. The summed E-state index contributed by atoms with van der Waals surface area (Å²) in [6.07, 6.45) is 0. The molecule has 0 aromatic heterocycles. The fourth-order valence-electron chi connectivity index (χ4n) is 2.94. The molecule has 31 heavy (non-hydrogen) atoms. The van der Waals surface area contributed by atoms with E-state index in [1.807, 2.05) is 69.3 Å². The first-order valence-corrected chi connectivity index (χ1v) is 12.1. The Morgan fingerprint density at radius 3 is 2.42 bits per heavy atom. The standard InChI is InChI=1S/C24H31BrN2O3S/c1-17(23(29)26-24(2,3)4)27(14-19-7-6-8-21(13-19)30-5)22(28)16-31-15-18-9-11-20(25)12-10-18/h6-13,17H,14-16H2,1-5H3,(H,26,29)/t17-/m0/s1. The van der Waals surface area contributed by atoms with Crippen LogP contribution in [0.15, 0.2) is 53.0 Å². The first-order chi connectivity index (χ1) is 14.6. The van der Waals surface area contributed by atoms with Gasteiger partial charge in [0.25, 0.3) is 0 Å². The summed E-state index contributed by atoms with van der Waals surface area (Å²) >= 11 is 4.98. The minimum atomic E-state index is -0.591. The summed E-state index contributed by atoms with van der Waals surface area (Å²) in [5, 5.41) is 2.98. The van der Waals surface area contributed by atoms with Gasteiger partial charge >= 0.3 is 0 Å². The number of nitrogens with one attached hydrogen (secondary N) is 1. The van der Waals surface area contributed by atoms with Crippen LogP contribution < -0.4 is 10.1 Å². The van der Waals surface area contributed by atoms with E-state index in [4.69, 9.17) is 4.74 Å². The van der Waals surface area contributed by atoms with Gasteiger partial charge in [-0.3, -0.25) is 9.59 Å². The lowest BCUT2D eigenvalue weighted by Crippen LogP contribution is -2.52. The topological polar surface area (TPSA) is 58.6 Å². The molecule has 0 bridgehead atoms. The van der Waals surface area contributed by atoms with Gasteiger partial charge in [-0.2, -0.15) is 0 Å². The van der Waals surface area contributed by atoms with E-state index in [2.05, 4.69) is 21.2 Å². The molecule has 0 radical (unpaired) electrons. The molecule has 5 nitrogen and oxygen atoms in total. The molecular weight excluding hydrogens is 476 g/mol. The zero-order chi connectivity index (χ0) is 23.0. The number of carbonyl (C=O) groups is 2. The largest absolute Gasteiger partial charge is 0.497 e. The first-order valence-electron chi connectivity index (χ1n) is 10.2. The summed E-state index contributed by atoms with van der Waals surface area (Å²) in [7, 11) is 1.61. The number of carbonyl (C=O) groups excluding carboxylic acids is 2. The van der Waals surface area contributed by atoms with Crippen LogP contribution in [-0.2, 0) is 21.9 Å². The van der Waals surface area contributed by atoms with Crippen molar-refractivity contribution < 1.29 is 14.3 Å². The number of rotatable bonds is 9. The predicted octanol–water partition coefficient (Wildman–Crippen LogP) is 5.02. The highest BCUT2D eigenvalue weighted by atomic mass is 79.9. The number of halogens is 1. The molecule has 0 fully saturated rings. The summed E-state index contributed by atoms with van der Waals surface area (Å²) in [6.45, 7) is 7.91. The van der Waals surface area contributed by atoms with Gasteiger partial charge in [0.15, 0.2) is 0 Å². The van der Waals surface area contributed by atoms with E-state index in [9.17, 15) is 9.59 Å². The molecule has 0 aliphatic carbocycles. The molecule has 0 spiro atoms. The van der Waals surface area contributed by atoms with Gasteiger partial charge in [-0.15, -0.1) is 11.8 Å². The van der Waals surface area contributed by atoms with E-state index in [-0.39, 0.29) is 17.4 Å². The van der Waals surface area contributed by atoms with Crippen molar-refractivity contribution >= 4 is 39.5 Å². The molecule has 0 heterocycles. The van der Waals surface area contributed by atoms with Gasteiger partial charge in [0, 0.05) is 22.3 Å². The zero-order valence-electron chi connectivity index (χ0n) is 18.8. The molecule has 0 aliphatic heterocycles. The Labute approximate surface area is 198 Å². The number of benzene rings is 2. The van der Waals surface area contributed by atoms with Crippen LogP contribution in [0, 0.1) is 0 Å². The number of thioether (sulfide) groups is 1. The maximum Gasteiger partial charge on any atom is 0.242 e. The Bertz CT molecular complexity index is 881. The molecule has 1 N–H and O–H groups in total. The molecule has 0 saturated heterocycles. The van der Waals surface area contributed by atoms with Crippen molar-refractivity contribution in [1.82, 2.24) is 10.2 Å². The van der Waals surface area contributed by atoms with Crippen molar-refractivity contribution in [1.29, 1.82) is 0 Å². The van der Waals surface area contributed by atoms with Crippen LogP contribution >= 0.6 is 27.7 Å². The quantitative estimate of drug-likeness (QED) is 0.518. The van der Waals surface area contributed by atoms with E-state index in [1.54, 1.807) is 30.7 Å². The number of hydrogen-bond acceptors (Lipinski definition) is 4. The van der Waals surface area contributed by atoms with Gasteiger partial charge in [-0.25, -0.2) is 0 Å². The Kier molecular flexibility index (Phi) is 9.44. The minimum absolute atomic E-state index is 0.0681. The monoisotopic (exact) mass is 506 g/mol. The number of ether oxygens (including phenoxy) is 1. The maximum atomic E-state index is 13.1. The molecule has 2 aromatic rings. The molecule has 168 valence electrons. The highest BCUT2D eigenvalue weighted by Gasteiger charge is 2.28. The third-order valence-electron chi connectivity index (χ3n) is 4.56. The number of nitrogens with zero attached hydrogens (tertiary/aromatic N) is 1. The van der Waals surface area contributed by atoms with E-state index in [1.165, 1.54) is 0 Å². The fraction of sp³-hybridized carbons (Fsp3) is 0.417. The van der Waals surface area contributed by atoms with Crippen molar-refractivity contribution in [3.05, 3.63) is 64.1 Å². The van der Waals surface area contributed by atoms with Gasteiger partial charge in [0.05, 0.1) is 12.9 Å². The smallest absolute Gasteiger partial charge is 0.242 e. The van der Waals surface area contributed by atoms with Crippen LogP contribution in [0.3, 0.4) is 0 Å². The Balaban J connectivity index is 2.11. The average molecular weight is 507 g/mol. The van der Waals surface area contributed by atoms with Crippen molar-refractivity contribution in [3.63, 3.8) is 0 Å². The van der Waals surface area contributed by atoms with E-state index in [0.29, 0.717) is 12.3 Å². The Morgan fingerprint density at radius 2 is 1.81 bits per heavy atom. The third-order valence-corrected chi connectivity index (χ3v) is 6.08. The van der Waals surface area contributed by atoms with E-state index in [0.717, 1.165) is 27.1 Å². The molecule has 0 aliphatic rings. The van der Waals surface area contributed by atoms with Crippen LogP contribution in [0.5, 0.6) is 5.75 Å². The van der Waals surface area contributed by atoms with Crippen LogP contribution in [0.2, 0.25) is 0 Å². The lowest BCUT2D eigenvalue weighted by atomic mass is 10.1. The van der Waals surface area contributed by atoms with Crippen molar-refractivity contribution in [2.75, 3.05) is 12.9 Å². The molecule has 2 aromatic carbocycles. The number of amides is 2. The first kappa shape index (κ1) is 25.3. The van der Waals surface area contributed by atoms with Crippen LogP contribution in [0.25, 0.3) is 0 Å². The SMILES string of the molecule is COc1cccc(CN(C(=O)CSCc2ccc(Br)cc2)[C@@H](C)C(=O)NC(C)(C)C)c1. The van der Waals surface area contributed by atoms with Gasteiger partial charge < -0.3 is 15.0 Å². The van der Waals surface area contributed by atoms with E-state index < -0.39 is 6.04 Å². The average Bonchev–Trinajstić information content (AvgIpc) is 2.71. The second kappa shape index (κ2) is 11.6. The second-order valence-electron chi connectivity index (χ2n) is 8.41. The Morgan fingerprint density at radius 1 is 1.13 bits per heavy atom. The van der Waals surface area contributed by atoms with Gasteiger partial charge in [-0.1, -0.05) is 40.2 Å². The molecule has 0 saturated carbocycles. The number of hydrogen-bond donors (Lipinski definition) is 1. The lowest BCUT2D eigenvalue weighted by molar-refractivity contribution is -0.139. The molecule has 2 rings (SSSR count). The zero-order valence-corrected chi connectivity index (χ0v) is 21.2. The fourth-order valence-corrected chi connectivity index (χ4v) is 4.08. The molecule has 2 amide bonds. The molecule has 0 unspecified atom stereocenters. The predicted molar refractivity (Wildman–Crippen MR) is 131 cm³/mol. The second-order valence-corrected chi connectivity index (χ2v) is 10.3. The minimum Gasteiger partial charge on any atom is -0.497 e. The van der Waals surface area contributed by atoms with Gasteiger partial charge in [0.2, 0.25) is 11.8 Å². The summed E-state index contributed by atoms with van der Waals surface area (Å²) in [6, 6.07) is 15.0. The summed E-state index contributed by atoms with van der Waals surface area (Å²) in [5.41, 5.74) is 1.70. The highest BCUT2D eigenvalue weighted by Crippen LogP contribution is 2.20. The normalized spacial score (nSPS) is 12.2. The molecule has 7 heteroatoms. The van der Waals surface area contributed by atoms with Crippen molar-refractivity contribution in [2.24, 2.45) is 0 Å². The van der Waals surface area contributed by atoms with E-state index >= 15 is 0 Å². The summed E-state index contributed by atoms with van der Waals surface area (Å²) < 4.78 is 6.33. The van der Waals surface area contributed by atoms with Gasteiger partial charge in [0.1, 0.15) is 11.8 Å².